The summed E-state index contributed by atoms with van der Waals surface area (Å²) in [5.41, 5.74) is 1.26. The van der Waals surface area contributed by atoms with E-state index in [2.05, 4.69) is 5.10 Å². The summed E-state index contributed by atoms with van der Waals surface area (Å²) in [7, 11) is 1.79. The lowest BCUT2D eigenvalue weighted by Gasteiger charge is -2.00. The van der Waals surface area contributed by atoms with Crippen LogP contribution in [-0.2, 0) is 11.8 Å². The number of carbonyl (C=O) groups excluding carboxylic acids is 1. The second-order valence-electron chi connectivity index (χ2n) is 3.84. The van der Waals surface area contributed by atoms with E-state index in [0.717, 1.165) is 5.56 Å². The molecule has 5 nitrogen and oxygen atoms in total. The van der Waals surface area contributed by atoms with Gasteiger partial charge < -0.3 is 4.74 Å². The Hall–Kier alpha value is -2.87. The highest BCUT2D eigenvalue weighted by Crippen LogP contribution is 2.13. The molecule has 19 heavy (non-hydrogen) atoms. The maximum atomic E-state index is 11.6. The first-order chi connectivity index (χ1) is 9.17. The van der Waals surface area contributed by atoms with Crippen LogP contribution in [0.3, 0.4) is 0 Å². The third kappa shape index (κ3) is 3.54. The Balaban J connectivity index is 2.01. The molecule has 0 unspecified atom stereocenters. The summed E-state index contributed by atoms with van der Waals surface area (Å²) in [5, 5.41) is 12.7. The first-order valence-corrected chi connectivity index (χ1v) is 5.56. The predicted molar refractivity (Wildman–Crippen MR) is 69.0 cm³/mol. The van der Waals surface area contributed by atoms with Crippen molar-refractivity contribution in [3.63, 3.8) is 0 Å². The number of aryl methyl sites for hydroxylation is 1. The molecular formula is C14H11N3O2. The highest BCUT2D eigenvalue weighted by atomic mass is 16.5. The third-order valence-electron chi connectivity index (χ3n) is 2.32. The van der Waals surface area contributed by atoms with Gasteiger partial charge in [0.2, 0.25) is 0 Å². The molecule has 0 fully saturated rings. The van der Waals surface area contributed by atoms with Gasteiger partial charge in [0.05, 0.1) is 17.8 Å². The molecule has 94 valence electrons. The number of carbonyl (C=O) groups is 1. The molecule has 0 N–H and O–H groups in total. The number of benzene rings is 1. The standard InChI is InChI=1S/C14H11N3O2/c1-17-10-12(9-16-17)5-6-14(18)19-13-4-2-3-11(7-13)8-15/h2-7,9-10H,1H3/b6-5-. The maximum Gasteiger partial charge on any atom is 0.336 e. The van der Waals surface area contributed by atoms with Crippen molar-refractivity contribution in [2.24, 2.45) is 7.05 Å². The summed E-state index contributed by atoms with van der Waals surface area (Å²) < 4.78 is 6.72. The molecule has 2 rings (SSSR count). The summed E-state index contributed by atoms with van der Waals surface area (Å²) in [5.74, 6) is -0.154. The van der Waals surface area contributed by atoms with E-state index in [4.69, 9.17) is 10.00 Å². The SMILES string of the molecule is Cn1cc(/C=C\C(=O)Oc2cccc(C#N)c2)cn1. The van der Waals surface area contributed by atoms with Gasteiger partial charge in [-0.15, -0.1) is 0 Å². The summed E-state index contributed by atoms with van der Waals surface area (Å²) in [6.45, 7) is 0. The number of hydrogen-bond acceptors (Lipinski definition) is 4. The molecule has 5 heteroatoms. The van der Waals surface area contributed by atoms with Gasteiger partial charge in [-0.2, -0.15) is 10.4 Å². The van der Waals surface area contributed by atoms with E-state index < -0.39 is 5.97 Å². The highest BCUT2D eigenvalue weighted by Gasteiger charge is 2.01. The minimum Gasteiger partial charge on any atom is -0.423 e. The van der Waals surface area contributed by atoms with Gasteiger partial charge >= 0.3 is 5.97 Å². The van der Waals surface area contributed by atoms with E-state index >= 15 is 0 Å². The minimum atomic E-state index is -0.501. The van der Waals surface area contributed by atoms with Gasteiger partial charge in [-0.3, -0.25) is 4.68 Å². The topological polar surface area (TPSA) is 67.9 Å². The summed E-state index contributed by atoms with van der Waals surface area (Å²) in [6, 6.07) is 8.41. The molecule has 0 radical (unpaired) electrons. The van der Waals surface area contributed by atoms with Crippen LogP contribution >= 0.6 is 0 Å². The first-order valence-electron chi connectivity index (χ1n) is 5.56. The van der Waals surface area contributed by atoms with Crippen molar-refractivity contribution in [3.8, 4) is 11.8 Å². The molecule has 1 heterocycles. The van der Waals surface area contributed by atoms with Crippen LogP contribution in [0.15, 0.2) is 42.7 Å². The molecule has 0 aliphatic rings. The summed E-state index contributed by atoms with van der Waals surface area (Å²) >= 11 is 0. The quantitative estimate of drug-likeness (QED) is 0.476. The molecular weight excluding hydrogens is 242 g/mol. The van der Waals surface area contributed by atoms with E-state index in [1.54, 1.807) is 48.4 Å². The normalized spacial score (nSPS) is 10.3. The Morgan fingerprint density at radius 3 is 3.05 bits per heavy atom. The zero-order chi connectivity index (χ0) is 13.7. The molecule has 0 atom stereocenters. The van der Waals surface area contributed by atoms with E-state index in [0.29, 0.717) is 11.3 Å². The zero-order valence-corrected chi connectivity index (χ0v) is 10.3. The number of esters is 1. The molecule has 0 amide bonds. The molecule has 0 saturated carbocycles. The Labute approximate surface area is 110 Å². The van der Waals surface area contributed by atoms with E-state index in [-0.39, 0.29) is 0 Å². The van der Waals surface area contributed by atoms with Crippen LogP contribution in [0, 0.1) is 11.3 Å². The van der Waals surface area contributed by atoms with Crippen LogP contribution in [0.25, 0.3) is 6.08 Å². The average Bonchev–Trinajstić information content (AvgIpc) is 2.82. The number of nitriles is 1. The molecule has 0 aliphatic heterocycles. The fourth-order valence-corrected chi connectivity index (χ4v) is 1.47. The van der Waals surface area contributed by atoms with Crippen molar-refractivity contribution in [3.05, 3.63) is 53.9 Å². The van der Waals surface area contributed by atoms with Gasteiger partial charge in [-0.25, -0.2) is 4.79 Å². The van der Waals surface area contributed by atoms with Crippen LogP contribution < -0.4 is 4.74 Å². The fraction of sp³-hybridized carbons (Fsp3) is 0.0714. The second-order valence-corrected chi connectivity index (χ2v) is 3.84. The first kappa shape index (κ1) is 12.6. The Morgan fingerprint density at radius 1 is 1.53 bits per heavy atom. The zero-order valence-electron chi connectivity index (χ0n) is 10.3. The maximum absolute atomic E-state index is 11.6. The molecule has 0 saturated heterocycles. The van der Waals surface area contributed by atoms with Crippen LogP contribution in [0.1, 0.15) is 11.1 Å². The number of ether oxygens (including phenoxy) is 1. The molecule has 1 aromatic carbocycles. The van der Waals surface area contributed by atoms with Crippen LogP contribution in [0.2, 0.25) is 0 Å². The highest BCUT2D eigenvalue weighted by molar-refractivity contribution is 5.88. The number of rotatable bonds is 3. The lowest BCUT2D eigenvalue weighted by molar-refractivity contribution is -0.128. The van der Waals surface area contributed by atoms with Crippen LogP contribution in [0.4, 0.5) is 0 Å². The van der Waals surface area contributed by atoms with Crippen molar-refractivity contribution in [1.29, 1.82) is 5.26 Å². The Kier molecular flexibility index (Phi) is 3.74. The number of nitrogens with zero attached hydrogens (tertiary/aromatic N) is 3. The van der Waals surface area contributed by atoms with Gasteiger partial charge in [0.25, 0.3) is 0 Å². The van der Waals surface area contributed by atoms with Gasteiger partial charge in [-0.1, -0.05) is 6.07 Å². The van der Waals surface area contributed by atoms with Crippen LogP contribution in [0.5, 0.6) is 5.75 Å². The van der Waals surface area contributed by atoms with Gasteiger partial charge in [0.15, 0.2) is 0 Å². The van der Waals surface area contributed by atoms with Crippen molar-refractivity contribution in [2.45, 2.75) is 0 Å². The molecule has 1 aromatic heterocycles. The second kappa shape index (κ2) is 5.65. The van der Waals surface area contributed by atoms with Gasteiger partial charge in [0.1, 0.15) is 5.75 Å². The Bertz CT molecular complexity index is 665. The number of aromatic nitrogens is 2. The average molecular weight is 253 g/mol. The van der Waals surface area contributed by atoms with Crippen molar-refractivity contribution in [2.75, 3.05) is 0 Å². The summed E-state index contributed by atoms with van der Waals surface area (Å²) in [4.78, 5) is 11.6. The molecule has 0 spiro atoms. The predicted octanol–water partition coefficient (Wildman–Crippen LogP) is 1.91. The van der Waals surface area contributed by atoms with E-state index in [1.807, 2.05) is 6.07 Å². The third-order valence-corrected chi connectivity index (χ3v) is 2.32. The molecule has 2 aromatic rings. The molecule has 0 bridgehead atoms. The lowest BCUT2D eigenvalue weighted by atomic mass is 10.2. The number of hydrogen-bond donors (Lipinski definition) is 0. The van der Waals surface area contributed by atoms with E-state index in [1.165, 1.54) is 12.1 Å². The largest absolute Gasteiger partial charge is 0.423 e. The van der Waals surface area contributed by atoms with Crippen molar-refractivity contribution < 1.29 is 9.53 Å². The van der Waals surface area contributed by atoms with Gasteiger partial charge in [0, 0.05) is 24.9 Å². The van der Waals surface area contributed by atoms with Crippen LogP contribution in [-0.4, -0.2) is 15.7 Å². The van der Waals surface area contributed by atoms with Gasteiger partial charge in [-0.05, 0) is 24.3 Å². The fourth-order valence-electron chi connectivity index (χ4n) is 1.47. The monoisotopic (exact) mass is 253 g/mol. The van der Waals surface area contributed by atoms with E-state index in [9.17, 15) is 4.79 Å². The summed E-state index contributed by atoms with van der Waals surface area (Å²) in [6.07, 6.45) is 6.35. The Morgan fingerprint density at radius 2 is 2.37 bits per heavy atom. The van der Waals surface area contributed by atoms with Crippen molar-refractivity contribution in [1.82, 2.24) is 9.78 Å². The van der Waals surface area contributed by atoms with Crippen molar-refractivity contribution >= 4 is 12.0 Å². The lowest BCUT2D eigenvalue weighted by Crippen LogP contribution is -2.03. The minimum absolute atomic E-state index is 0.347. The molecule has 0 aliphatic carbocycles. The smallest absolute Gasteiger partial charge is 0.336 e.